The second-order valence-corrected chi connectivity index (χ2v) is 9.46. The van der Waals surface area contributed by atoms with Crippen molar-refractivity contribution >= 4 is 40.8 Å². The minimum Gasteiger partial charge on any atom is -0.369 e. The number of likely N-dealkylation sites (tertiary alicyclic amines) is 1. The van der Waals surface area contributed by atoms with E-state index in [2.05, 4.69) is 9.88 Å². The Labute approximate surface area is 198 Å². The van der Waals surface area contributed by atoms with Gasteiger partial charge in [-0.3, -0.25) is 14.5 Å². The van der Waals surface area contributed by atoms with Gasteiger partial charge >= 0.3 is 0 Å². The zero-order valence-electron chi connectivity index (χ0n) is 17.9. The van der Waals surface area contributed by atoms with E-state index in [1.807, 2.05) is 41.3 Å². The molecule has 4 rings (SSSR count). The van der Waals surface area contributed by atoms with E-state index in [1.165, 1.54) is 0 Å². The third kappa shape index (κ3) is 5.08. The molecule has 2 aliphatic rings. The van der Waals surface area contributed by atoms with Crippen LogP contribution in [-0.2, 0) is 9.59 Å². The fourth-order valence-corrected chi connectivity index (χ4v) is 5.28. The normalized spacial score (nSPS) is 22.8. The Morgan fingerprint density at radius 3 is 2.53 bits per heavy atom. The quantitative estimate of drug-likeness (QED) is 0.678. The lowest BCUT2D eigenvalue weighted by Crippen LogP contribution is -2.50. The molecule has 1 aromatic heterocycles. The molecule has 170 valence electrons. The van der Waals surface area contributed by atoms with E-state index in [-0.39, 0.29) is 29.7 Å². The van der Waals surface area contributed by atoms with Gasteiger partial charge in [0, 0.05) is 37.0 Å². The molecule has 32 heavy (non-hydrogen) atoms. The van der Waals surface area contributed by atoms with Crippen LogP contribution in [0.4, 0.5) is 5.82 Å². The van der Waals surface area contributed by atoms with Crippen molar-refractivity contribution in [3.8, 4) is 0 Å². The minimum absolute atomic E-state index is 0.0310. The van der Waals surface area contributed by atoms with Crippen LogP contribution in [0.5, 0.6) is 0 Å². The number of amides is 2. The second kappa shape index (κ2) is 10.2. The summed E-state index contributed by atoms with van der Waals surface area (Å²) in [6.45, 7) is 2.52. The zero-order valence-corrected chi connectivity index (χ0v) is 19.4. The molecule has 2 N–H and O–H groups in total. The molecule has 2 aromatic rings. The molecule has 2 atom stereocenters. The number of primary amides is 1. The number of aromatic nitrogens is 1. The van der Waals surface area contributed by atoms with Gasteiger partial charge in [-0.2, -0.15) is 0 Å². The van der Waals surface area contributed by atoms with Crippen molar-refractivity contribution in [2.45, 2.75) is 44.1 Å². The molecule has 0 spiro atoms. The van der Waals surface area contributed by atoms with Crippen LogP contribution in [0.3, 0.4) is 0 Å². The van der Waals surface area contributed by atoms with E-state index < -0.39 is 0 Å². The topological polar surface area (TPSA) is 79.5 Å². The van der Waals surface area contributed by atoms with E-state index in [1.54, 1.807) is 6.20 Å². The van der Waals surface area contributed by atoms with Crippen molar-refractivity contribution in [2.75, 3.05) is 24.5 Å². The van der Waals surface area contributed by atoms with Crippen LogP contribution in [-0.4, -0.2) is 47.4 Å². The number of benzene rings is 1. The molecule has 8 heteroatoms. The van der Waals surface area contributed by atoms with Crippen LogP contribution >= 0.6 is 23.2 Å². The van der Waals surface area contributed by atoms with Gasteiger partial charge in [0.25, 0.3) is 0 Å². The first-order valence-corrected chi connectivity index (χ1v) is 11.9. The zero-order chi connectivity index (χ0) is 22.7. The van der Waals surface area contributed by atoms with Gasteiger partial charge in [0.05, 0.1) is 10.0 Å². The van der Waals surface area contributed by atoms with E-state index in [4.69, 9.17) is 28.9 Å². The van der Waals surface area contributed by atoms with E-state index in [9.17, 15) is 9.59 Å². The standard InChI is InChI=1S/C24H28Cl2N4O2/c25-19-6-4-17(15-20(19)26)18-5-7-23(31)30(22-3-1-2-11-28-22)21(18)10-14-29-12-8-16(9-13-29)24(27)32/h1-4,6,11,15-16,18,21H,5,7-10,12-14H2,(H2,27,32)/t18-,21?/m0/s1. The number of nitrogens with zero attached hydrogens (tertiary/aromatic N) is 3. The maximum Gasteiger partial charge on any atom is 0.228 e. The van der Waals surface area contributed by atoms with Crippen LogP contribution < -0.4 is 10.6 Å². The third-order valence-electron chi connectivity index (χ3n) is 6.73. The SMILES string of the molecule is NC(=O)C1CCN(CCC2[C@H](c3ccc(Cl)c(Cl)c3)CCC(=O)N2c2ccccn2)CC1. The van der Waals surface area contributed by atoms with Gasteiger partial charge in [-0.25, -0.2) is 4.98 Å². The van der Waals surface area contributed by atoms with Gasteiger partial charge in [0.15, 0.2) is 0 Å². The van der Waals surface area contributed by atoms with Crippen molar-refractivity contribution in [1.29, 1.82) is 0 Å². The molecule has 6 nitrogen and oxygen atoms in total. The number of hydrogen-bond acceptors (Lipinski definition) is 4. The highest BCUT2D eigenvalue weighted by atomic mass is 35.5. The Kier molecular flexibility index (Phi) is 7.33. The Morgan fingerprint density at radius 2 is 1.88 bits per heavy atom. The Morgan fingerprint density at radius 1 is 1.09 bits per heavy atom. The second-order valence-electron chi connectivity index (χ2n) is 8.64. The van der Waals surface area contributed by atoms with E-state index >= 15 is 0 Å². The van der Waals surface area contributed by atoms with E-state index in [0.29, 0.717) is 22.3 Å². The highest BCUT2D eigenvalue weighted by Crippen LogP contribution is 2.39. The number of anilines is 1. The summed E-state index contributed by atoms with van der Waals surface area (Å²) >= 11 is 12.5. The van der Waals surface area contributed by atoms with E-state index in [0.717, 1.165) is 50.9 Å². The maximum atomic E-state index is 13.0. The van der Waals surface area contributed by atoms with Crippen molar-refractivity contribution in [3.63, 3.8) is 0 Å². The average molecular weight is 475 g/mol. The third-order valence-corrected chi connectivity index (χ3v) is 7.47. The number of piperidine rings is 2. The number of halogens is 2. The molecule has 0 radical (unpaired) electrons. The van der Waals surface area contributed by atoms with Gasteiger partial charge in [-0.05, 0) is 68.6 Å². The van der Waals surface area contributed by atoms with Gasteiger partial charge in [0.1, 0.15) is 5.82 Å². The summed E-state index contributed by atoms with van der Waals surface area (Å²) in [5.74, 6) is 0.671. The number of rotatable bonds is 6. The fourth-order valence-electron chi connectivity index (χ4n) is 4.97. The van der Waals surface area contributed by atoms with Crippen LogP contribution in [0, 0.1) is 5.92 Å². The summed E-state index contributed by atoms with van der Waals surface area (Å²) in [5, 5.41) is 1.05. The summed E-state index contributed by atoms with van der Waals surface area (Å²) < 4.78 is 0. The predicted molar refractivity (Wildman–Crippen MR) is 127 cm³/mol. The first-order chi connectivity index (χ1) is 15.4. The predicted octanol–water partition coefficient (Wildman–Crippen LogP) is 4.26. The first kappa shape index (κ1) is 23.0. The smallest absolute Gasteiger partial charge is 0.228 e. The molecule has 0 bridgehead atoms. The Hall–Kier alpha value is -2.15. The van der Waals surface area contributed by atoms with Gasteiger partial charge in [-0.15, -0.1) is 0 Å². The lowest BCUT2D eigenvalue weighted by molar-refractivity contribution is -0.123. The van der Waals surface area contributed by atoms with Crippen LogP contribution in [0.25, 0.3) is 0 Å². The summed E-state index contributed by atoms with van der Waals surface area (Å²) in [6.07, 6.45) is 5.32. The largest absolute Gasteiger partial charge is 0.369 e. The number of carbonyl (C=O) groups is 2. The number of pyridine rings is 1. The highest BCUT2D eigenvalue weighted by Gasteiger charge is 2.38. The molecule has 2 saturated heterocycles. The lowest BCUT2D eigenvalue weighted by Gasteiger charge is -2.42. The van der Waals surface area contributed by atoms with Crippen LogP contribution in [0.15, 0.2) is 42.6 Å². The lowest BCUT2D eigenvalue weighted by atomic mass is 9.81. The van der Waals surface area contributed by atoms with Crippen LogP contribution in [0.1, 0.15) is 43.6 Å². The molecule has 0 aliphatic carbocycles. The molecular weight excluding hydrogens is 447 g/mol. The van der Waals surface area contributed by atoms with Crippen LogP contribution in [0.2, 0.25) is 10.0 Å². The van der Waals surface area contributed by atoms with Crippen molar-refractivity contribution in [2.24, 2.45) is 11.7 Å². The summed E-state index contributed by atoms with van der Waals surface area (Å²) in [7, 11) is 0. The average Bonchev–Trinajstić information content (AvgIpc) is 2.80. The molecule has 2 fully saturated rings. The molecule has 0 saturated carbocycles. The molecule has 2 aliphatic heterocycles. The summed E-state index contributed by atoms with van der Waals surface area (Å²) in [5.41, 5.74) is 6.57. The number of hydrogen-bond donors (Lipinski definition) is 1. The van der Waals surface area contributed by atoms with Crippen molar-refractivity contribution in [1.82, 2.24) is 9.88 Å². The molecule has 1 unspecified atom stereocenters. The Bertz CT molecular complexity index is 964. The van der Waals surface area contributed by atoms with Gasteiger partial charge in [-0.1, -0.05) is 35.3 Å². The van der Waals surface area contributed by atoms with Crippen molar-refractivity contribution < 1.29 is 9.59 Å². The molecule has 2 amide bonds. The highest BCUT2D eigenvalue weighted by molar-refractivity contribution is 6.42. The Balaban J connectivity index is 1.57. The maximum absolute atomic E-state index is 13.0. The molecular formula is C24H28Cl2N4O2. The number of carbonyl (C=O) groups excluding carboxylic acids is 2. The van der Waals surface area contributed by atoms with Gasteiger partial charge in [0.2, 0.25) is 11.8 Å². The minimum atomic E-state index is -0.205. The fraction of sp³-hybridized carbons (Fsp3) is 0.458. The first-order valence-electron chi connectivity index (χ1n) is 11.1. The molecule has 1 aromatic carbocycles. The molecule has 3 heterocycles. The monoisotopic (exact) mass is 474 g/mol. The van der Waals surface area contributed by atoms with Crippen molar-refractivity contribution in [3.05, 3.63) is 58.2 Å². The van der Waals surface area contributed by atoms with Gasteiger partial charge < -0.3 is 10.6 Å². The summed E-state index contributed by atoms with van der Waals surface area (Å²) in [4.78, 5) is 33.2. The number of nitrogens with two attached hydrogens (primary N) is 1. The summed E-state index contributed by atoms with van der Waals surface area (Å²) in [6, 6.07) is 11.4.